The number of carbonyl (C=O) groups is 2. The first-order chi connectivity index (χ1) is 33.1. The molecule has 2 atom stereocenters. The molecule has 2 saturated heterocycles. The normalized spacial score (nSPS) is 16.0. The van der Waals surface area contributed by atoms with E-state index in [4.69, 9.17) is 18.6 Å². The van der Waals surface area contributed by atoms with Crippen molar-refractivity contribution >= 4 is 66.3 Å². The number of H-pyrrole nitrogens is 2. The molecule has 27 heteroatoms. The molecule has 6 heterocycles. The first-order valence-electron chi connectivity index (χ1n) is 22.2. The van der Waals surface area contributed by atoms with Crippen LogP contribution in [-0.2, 0) is 40.9 Å². The number of anilines is 2. The molecule has 0 spiro atoms. The van der Waals surface area contributed by atoms with Gasteiger partial charge in [-0.1, -0.05) is 0 Å². The molecule has 0 saturated carbocycles. The van der Waals surface area contributed by atoms with Crippen LogP contribution in [0, 0.1) is 5.82 Å². The van der Waals surface area contributed by atoms with Gasteiger partial charge in [-0.05, 0) is 91.0 Å². The monoisotopic (exact) mass is 1030 g/mol. The lowest BCUT2D eigenvalue weighted by molar-refractivity contribution is 0.0682. The summed E-state index contributed by atoms with van der Waals surface area (Å²) in [5, 5.41) is 30.8. The Morgan fingerprint density at radius 2 is 1.11 bits per heavy atom. The molecule has 24 nitrogen and oxygen atoms in total. The maximum Gasteiger partial charge on any atom is 0.321 e. The van der Waals surface area contributed by atoms with Crippen molar-refractivity contribution in [3.8, 4) is 22.3 Å². The number of nitrogens with zero attached hydrogens (tertiary/aromatic N) is 6. The number of ether oxygens (including phenoxy) is 2. The lowest BCUT2D eigenvalue weighted by Gasteiger charge is -2.16. The number of hydrogen-bond donors (Lipinski definition) is 10. The first kappa shape index (κ1) is 55.6. The quantitative estimate of drug-likeness (QED) is 0.0743. The van der Waals surface area contributed by atoms with E-state index in [1.54, 1.807) is 53.1 Å². The van der Waals surface area contributed by atoms with E-state index in [-0.39, 0.29) is 29.5 Å². The Kier molecular flexibility index (Phi) is 18.2. The highest BCUT2D eigenvalue weighted by atomic mass is 32.2. The van der Waals surface area contributed by atoms with Gasteiger partial charge in [-0.2, -0.15) is 16.8 Å². The van der Waals surface area contributed by atoms with Crippen LogP contribution in [0.4, 0.5) is 25.9 Å². The summed E-state index contributed by atoms with van der Waals surface area (Å²) in [7, 11) is -7.33. The Hall–Kier alpha value is -6.33. The number of halogens is 1. The van der Waals surface area contributed by atoms with Gasteiger partial charge in [0.15, 0.2) is 11.6 Å². The number of benzene rings is 2. The minimum absolute atomic E-state index is 0.0513. The highest BCUT2D eigenvalue weighted by molar-refractivity contribution is 7.85. The van der Waals surface area contributed by atoms with Gasteiger partial charge < -0.3 is 40.3 Å². The van der Waals surface area contributed by atoms with Crippen LogP contribution in [0.5, 0.6) is 0 Å². The molecular formula is C44H59FN12O12S2. The molecular weight excluding hydrogens is 972 g/mol. The zero-order valence-corrected chi connectivity index (χ0v) is 41.9. The molecule has 0 aliphatic carbocycles. The number of imidazole rings is 2. The number of urea groups is 2. The third-order valence-electron chi connectivity index (χ3n) is 10.1. The van der Waals surface area contributed by atoms with Crippen molar-refractivity contribution in [2.75, 3.05) is 49.4 Å². The summed E-state index contributed by atoms with van der Waals surface area (Å²) < 4.78 is 79.1. The third kappa shape index (κ3) is 16.4. The predicted octanol–water partition coefficient (Wildman–Crippen LogP) is 5.63. The van der Waals surface area contributed by atoms with Crippen molar-refractivity contribution in [2.24, 2.45) is 0 Å². The van der Waals surface area contributed by atoms with Gasteiger partial charge in [0, 0.05) is 78.9 Å². The molecule has 8 rings (SSSR count). The fourth-order valence-electron chi connectivity index (χ4n) is 7.16. The van der Waals surface area contributed by atoms with E-state index >= 15 is 4.39 Å². The van der Waals surface area contributed by atoms with E-state index in [9.17, 15) is 36.6 Å². The van der Waals surface area contributed by atoms with Gasteiger partial charge in [-0.15, -0.1) is 0 Å². The van der Waals surface area contributed by atoms with Crippen LogP contribution in [0.3, 0.4) is 0 Å². The second-order valence-electron chi connectivity index (χ2n) is 17.3. The predicted molar refractivity (Wildman–Crippen MR) is 261 cm³/mol. The summed E-state index contributed by atoms with van der Waals surface area (Å²) in [6, 6.07) is 4.88. The second-order valence-corrected chi connectivity index (χ2v) is 20.3. The molecule has 2 fully saturated rings. The van der Waals surface area contributed by atoms with Crippen LogP contribution in [0.1, 0.15) is 102 Å². The number of nitrogens with one attached hydrogen (secondary N) is 6. The molecule has 4 amide bonds. The van der Waals surface area contributed by atoms with Gasteiger partial charge >= 0.3 is 12.1 Å². The molecule has 0 unspecified atom stereocenters. The molecule has 6 aromatic rings. The van der Waals surface area contributed by atoms with Crippen LogP contribution in [0.15, 0.2) is 43.0 Å². The average molecular weight is 1030 g/mol. The van der Waals surface area contributed by atoms with Gasteiger partial charge in [0.25, 0.3) is 20.2 Å². The lowest BCUT2D eigenvalue weighted by Crippen LogP contribution is -2.28. The van der Waals surface area contributed by atoms with Crippen molar-refractivity contribution in [3.05, 3.63) is 71.6 Å². The smallest absolute Gasteiger partial charge is 0.321 e. The van der Waals surface area contributed by atoms with Crippen LogP contribution < -0.4 is 21.3 Å². The van der Waals surface area contributed by atoms with Gasteiger partial charge in [0.1, 0.15) is 17.0 Å². The fourth-order valence-corrected chi connectivity index (χ4v) is 7.16. The van der Waals surface area contributed by atoms with Gasteiger partial charge in [-0.3, -0.25) is 19.7 Å². The number of amides is 4. The van der Waals surface area contributed by atoms with Crippen LogP contribution in [-0.4, -0.2) is 127 Å². The average Bonchev–Trinajstić information content (AvgIpc) is 4.10. The number of aromatic nitrogens is 8. The molecule has 2 aliphatic heterocycles. The van der Waals surface area contributed by atoms with E-state index < -0.39 is 49.4 Å². The summed E-state index contributed by atoms with van der Waals surface area (Å²) in [6.45, 7) is 12.4. The first-order valence-corrected chi connectivity index (χ1v) is 25.9. The lowest BCUT2D eigenvalue weighted by atomic mass is 9.98. The molecule has 0 radical (unpaired) electrons. The Balaban J connectivity index is 0.000000222. The summed E-state index contributed by atoms with van der Waals surface area (Å²) in [4.78, 5) is 56.0. The Morgan fingerprint density at radius 3 is 1.54 bits per heavy atom. The topological polar surface area (TPSA) is 359 Å². The summed E-state index contributed by atoms with van der Waals surface area (Å²) in [5.74, 6) is 0.732. The molecule has 0 bridgehead atoms. The summed E-state index contributed by atoms with van der Waals surface area (Å²) >= 11 is 0. The van der Waals surface area contributed by atoms with Crippen molar-refractivity contribution in [2.45, 2.75) is 90.6 Å². The van der Waals surface area contributed by atoms with Crippen LogP contribution in [0.25, 0.3) is 44.3 Å². The van der Waals surface area contributed by atoms with E-state index in [1.807, 2.05) is 19.1 Å². The minimum Gasteiger partial charge on any atom is -0.382 e. The summed E-state index contributed by atoms with van der Waals surface area (Å²) in [6.07, 6.45) is 10.7. The number of aromatic amines is 2. The largest absolute Gasteiger partial charge is 0.382 e. The maximum absolute atomic E-state index is 15.7. The SMILES string of the molecule is CCNC(=O)Nc1nc2c([C@H]3CCCO3)c(F)c(-c3cnc(C(C)(C)O)nc3)cc2[nH]1.CCNC(=O)Nc1nc2c([C@H]3CCCO3)cc(-c3cnc(C(C)(C)O)nc3)cc2[nH]1.CS(=O)(=O)O.CS(=O)(=O)O. The molecule has 71 heavy (non-hydrogen) atoms. The van der Waals surface area contributed by atoms with Crippen LogP contribution in [0.2, 0.25) is 0 Å². The van der Waals surface area contributed by atoms with Crippen molar-refractivity contribution < 1.29 is 59.6 Å². The summed E-state index contributed by atoms with van der Waals surface area (Å²) in [5.41, 5.74) is 4.00. The van der Waals surface area contributed by atoms with Crippen molar-refractivity contribution in [1.82, 2.24) is 50.5 Å². The van der Waals surface area contributed by atoms with Gasteiger partial charge in [0.2, 0.25) is 11.9 Å². The van der Waals surface area contributed by atoms with Crippen molar-refractivity contribution in [1.29, 1.82) is 0 Å². The standard InChI is InChI=1S/C21H25FN6O3.C21H26N6O3.2CH4O3S/c1-4-23-20(29)28-19-26-13-8-12(11-9-24-18(25-10-11)21(2,3)30)16(22)15(17(13)27-19)14-6-5-7-31-14;1-4-22-20(28)27-19-25-15-9-12(13-10-23-18(24-11-13)21(2,3)29)8-14(17(15)26-19)16-6-5-7-30-16;2*1-5(2,3)4/h8-10,14,30H,4-7H2,1-3H3,(H3,23,26,27,28,29);8-11,16,29H,4-7H2,1-3H3,(H3,22,25,26,27,28);2*1H3,(H,2,3,4)/t14-;16-;;/m11../s1. The van der Waals surface area contributed by atoms with E-state index in [0.717, 1.165) is 47.0 Å². The van der Waals surface area contributed by atoms with E-state index in [0.29, 0.717) is 79.2 Å². The van der Waals surface area contributed by atoms with E-state index in [2.05, 4.69) is 61.1 Å². The number of hydrogen-bond acceptors (Lipinski definition) is 16. The molecule has 2 aliphatic rings. The van der Waals surface area contributed by atoms with Crippen molar-refractivity contribution in [3.63, 3.8) is 0 Å². The van der Waals surface area contributed by atoms with E-state index in [1.165, 1.54) is 12.4 Å². The van der Waals surface area contributed by atoms with Gasteiger partial charge in [0.05, 0.1) is 46.8 Å². The zero-order valence-electron chi connectivity index (χ0n) is 40.3. The Morgan fingerprint density at radius 1 is 0.690 bits per heavy atom. The number of aliphatic hydroxyl groups is 2. The zero-order chi connectivity index (χ0) is 52.5. The second kappa shape index (κ2) is 23.3. The fraction of sp³-hybridized carbons (Fsp3) is 0.455. The molecule has 4 aromatic heterocycles. The Labute approximate surface area is 408 Å². The van der Waals surface area contributed by atoms with Gasteiger partial charge in [-0.25, -0.2) is 43.9 Å². The maximum atomic E-state index is 15.7. The highest BCUT2D eigenvalue weighted by Gasteiger charge is 2.29. The number of carbonyl (C=O) groups excluding carboxylic acids is 2. The number of rotatable bonds is 10. The van der Waals surface area contributed by atoms with Crippen LogP contribution >= 0.6 is 0 Å². The Bertz CT molecular complexity index is 2970. The molecule has 10 N–H and O–H groups in total. The number of fused-ring (bicyclic) bond motifs is 2. The molecule has 2 aromatic carbocycles. The third-order valence-corrected chi connectivity index (χ3v) is 10.1. The minimum atomic E-state index is -3.67. The molecule has 386 valence electrons. The highest BCUT2D eigenvalue weighted by Crippen LogP contribution is 2.40.